The molecule has 0 aliphatic heterocycles. The lowest BCUT2D eigenvalue weighted by atomic mass is 10.1. The first kappa shape index (κ1) is 22.0. The van der Waals surface area contributed by atoms with E-state index in [4.69, 9.17) is 14.4 Å². The van der Waals surface area contributed by atoms with E-state index in [0.717, 1.165) is 66.6 Å². The van der Waals surface area contributed by atoms with Crippen molar-refractivity contribution in [3.63, 3.8) is 0 Å². The van der Waals surface area contributed by atoms with Crippen LogP contribution in [0.15, 0.2) is 95.4 Å². The van der Waals surface area contributed by atoms with Crippen molar-refractivity contribution >= 4 is 57.1 Å². The number of hydrogen-bond donors (Lipinski definition) is 0. The monoisotopic (exact) mass is 497 g/mol. The molecule has 0 saturated carbocycles. The fraction of sp³-hybridized carbons (Fsp3) is 0.125. The van der Waals surface area contributed by atoms with Gasteiger partial charge in [0.2, 0.25) is 0 Å². The SMILES string of the molecule is Cc1nc2ccccc2c2nc(-c3cccc4c3oc3cc([Si](C)(C)C)ccc34)n(-c3ccccc3)c12. The van der Waals surface area contributed by atoms with E-state index in [0.29, 0.717) is 0 Å². The van der Waals surface area contributed by atoms with Crippen LogP contribution in [-0.4, -0.2) is 22.6 Å². The molecule has 0 amide bonds. The lowest BCUT2D eigenvalue weighted by molar-refractivity contribution is 0.669. The van der Waals surface area contributed by atoms with Gasteiger partial charge in [0.1, 0.15) is 22.5 Å². The summed E-state index contributed by atoms with van der Waals surface area (Å²) in [7, 11) is -1.47. The van der Waals surface area contributed by atoms with E-state index < -0.39 is 8.07 Å². The van der Waals surface area contributed by atoms with Gasteiger partial charge in [-0.3, -0.25) is 9.55 Å². The van der Waals surface area contributed by atoms with Crippen LogP contribution < -0.4 is 5.19 Å². The van der Waals surface area contributed by atoms with Gasteiger partial charge in [-0.1, -0.05) is 85.5 Å². The van der Waals surface area contributed by atoms with Crippen LogP contribution in [0.4, 0.5) is 0 Å². The molecule has 0 atom stereocenters. The Bertz CT molecular complexity index is 1980. The van der Waals surface area contributed by atoms with Crippen molar-refractivity contribution in [1.82, 2.24) is 14.5 Å². The molecule has 3 heterocycles. The number of imidazole rings is 1. The van der Waals surface area contributed by atoms with Crippen LogP contribution in [0, 0.1) is 6.92 Å². The highest BCUT2D eigenvalue weighted by molar-refractivity contribution is 6.88. The number of pyridine rings is 1. The lowest BCUT2D eigenvalue weighted by Gasteiger charge is -2.15. The number of benzene rings is 4. The van der Waals surface area contributed by atoms with E-state index in [9.17, 15) is 0 Å². The van der Waals surface area contributed by atoms with E-state index in [1.165, 1.54) is 5.19 Å². The molecule has 0 spiro atoms. The fourth-order valence-electron chi connectivity index (χ4n) is 5.40. The molecule has 7 aromatic rings. The van der Waals surface area contributed by atoms with Crippen molar-refractivity contribution in [3.8, 4) is 17.1 Å². The quantitative estimate of drug-likeness (QED) is 0.232. The van der Waals surface area contributed by atoms with Crippen molar-refractivity contribution in [2.75, 3.05) is 0 Å². The largest absolute Gasteiger partial charge is 0.455 e. The molecule has 0 N–H and O–H groups in total. The van der Waals surface area contributed by atoms with Crippen LogP contribution in [0.5, 0.6) is 0 Å². The molecule has 4 aromatic carbocycles. The molecular weight excluding hydrogens is 470 g/mol. The van der Waals surface area contributed by atoms with Gasteiger partial charge < -0.3 is 4.42 Å². The Morgan fingerprint density at radius 2 is 1.49 bits per heavy atom. The zero-order valence-electron chi connectivity index (χ0n) is 21.4. The number of rotatable bonds is 3. The summed E-state index contributed by atoms with van der Waals surface area (Å²) < 4.78 is 8.87. The van der Waals surface area contributed by atoms with Gasteiger partial charge in [-0.25, -0.2) is 4.98 Å². The molecule has 7 rings (SSSR count). The van der Waals surface area contributed by atoms with Gasteiger partial charge in [0.15, 0.2) is 0 Å². The number of aryl methyl sites for hydroxylation is 1. The average molecular weight is 498 g/mol. The number of hydrogen-bond acceptors (Lipinski definition) is 3. The summed E-state index contributed by atoms with van der Waals surface area (Å²) in [5.74, 6) is 0.859. The third kappa shape index (κ3) is 3.35. The lowest BCUT2D eigenvalue weighted by Crippen LogP contribution is -2.37. The third-order valence-corrected chi connectivity index (χ3v) is 9.33. The fourth-order valence-corrected chi connectivity index (χ4v) is 6.54. The molecule has 0 unspecified atom stereocenters. The number of furan rings is 1. The summed E-state index contributed by atoms with van der Waals surface area (Å²) >= 11 is 0. The summed E-state index contributed by atoms with van der Waals surface area (Å²) in [5, 5.41) is 4.70. The summed E-state index contributed by atoms with van der Waals surface area (Å²) in [6, 6.07) is 31.8. The van der Waals surface area contributed by atoms with Crippen LogP contribution >= 0.6 is 0 Å². The highest BCUT2D eigenvalue weighted by atomic mass is 28.3. The van der Waals surface area contributed by atoms with Gasteiger partial charge in [-0.05, 0) is 37.3 Å². The Balaban J connectivity index is 1.60. The van der Waals surface area contributed by atoms with Crippen molar-refractivity contribution < 1.29 is 4.42 Å². The molecule has 37 heavy (non-hydrogen) atoms. The van der Waals surface area contributed by atoms with E-state index in [1.54, 1.807) is 0 Å². The highest BCUT2D eigenvalue weighted by Gasteiger charge is 2.23. The zero-order chi connectivity index (χ0) is 25.3. The standard InChI is InChI=1S/C32H27N3OSi/c1-20-30-29(25-13-8-9-16-27(25)33-20)34-32(35(30)21-11-6-5-7-12-21)26-15-10-14-24-23-18-17-22(37(2,3)4)19-28(23)36-31(24)26/h5-19H,1-4H3. The Morgan fingerprint density at radius 3 is 2.30 bits per heavy atom. The highest BCUT2D eigenvalue weighted by Crippen LogP contribution is 2.39. The van der Waals surface area contributed by atoms with Crippen molar-refractivity contribution in [3.05, 3.63) is 96.7 Å². The maximum atomic E-state index is 6.63. The maximum absolute atomic E-state index is 6.63. The molecular formula is C32H27N3OSi. The first-order valence-electron chi connectivity index (χ1n) is 12.7. The summed E-state index contributed by atoms with van der Waals surface area (Å²) in [5.41, 5.74) is 7.72. The maximum Gasteiger partial charge on any atom is 0.149 e. The smallest absolute Gasteiger partial charge is 0.149 e. The van der Waals surface area contributed by atoms with Crippen LogP contribution in [-0.2, 0) is 0 Å². The van der Waals surface area contributed by atoms with Gasteiger partial charge >= 0.3 is 0 Å². The normalized spacial score (nSPS) is 12.3. The van der Waals surface area contributed by atoms with Gasteiger partial charge in [0.25, 0.3) is 0 Å². The predicted molar refractivity (Wildman–Crippen MR) is 157 cm³/mol. The minimum atomic E-state index is -1.47. The van der Waals surface area contributed by atoms with Gasteiger partial charge in [0, 0.05) is 21.8 Å². The number of nitrogens with zero attached hydrogens (tertiary/aromatic N) is 3. The Kier molecular flexibility index (Phi) is 4.69. The molecule has 0 aliphatic rings. The number of para-hydroxylation sites is 3. The second kappa shape index (κ2) is 7.89. The average Bonchev–Trinajstić information content (AvgIpc) is 3.48. The molecule has 5 heteroatoms. The molecule has 0 aliphatic carbocycles. The Morgan fingerprint density at radius 1 is 0.730 bits per heavy atom. The van der Waals surface area contributed by atoms with Crippen molar-refractivity contribution in [2.24, 2.45) is 0 Å². The van der Waals surface area contributed by atoms with Crippen LogP contribution in [0.1, 0.15) is 5.69 Å². The van der Waals surface area contributed by atoms with Crippen LogP contribution in [0.3, 0.4) is 0 Å². The molecule has 180 valence electrons. The molecule has 0 radical (unpaired) electrons. The topological polar surface area (TPSA) is 43.9 Å². The van der Waals surface area contributed by atoms with Gasteiger partial charge in [-0.15, -0.1) is 0 Å². The number of fused-ring (bicyclic) bond motifs is 6. The van der Waals surface area contributed by atoms with Gasteiger partial charge in [-0.2, -0.15) is 0 Å². The molecule has 0 saturated heterocycles. The molecule has 4 nitrogen and oxygen atoms in total. The van der Waals surface area contributed by atoms with E-state index in [-0.39, 0.29) is 0 Å². The molecule has 0 bridgehead atoms. The van der Waals surface area contributed by atoms with Gasteiger partial charge in [0.05, 0.1) is 30.4 Å². The molecule has 3 aromatic heterocycles. The second-order valence-electron chi connectivity index (χ2n) is 10.8. The van der Waals surface area contributed by atoms with Crippen molar-refractivity contribution in [2.45, 2.75) is 26.6 Å². The molecule has 0 fully saturated rings. The van der Waals surface area contributed by atoms with E-state index in [2.05, 4.69) is 110 Å². The predicted octanol–water partition coefficient (Wildman–Crippen LogP) is 7.99. The first-order chi connectivity index (χ1) is 17.9. The van der Waals surface area contributed by atoms with E-state index >= 15 is 0 Å². The van der Waals surface area contributed by atoms with Crippen LogP contribution in [0.2, 0.25) is 19.6 Å². The third-order valence-electron chi connectivity index (χ3n) is 7.29. The Labute approximate surface area is 216 Å². The van der Waals surface area contributed by atoms with E-state index in [1.807, 2.05) is 12.1 Å². The Hall–Kier alpha value is -4.22. The zero-order valence-corrected chi connectivity index (χ0v) is 22.4. The summed E-state index contributed by atoms with van der Waals surface area (Å²) in [6.45, 7) is 9.17. The second-order valence-corrected chi connectivity index (χ2v) is 15.8. The minimum Gasteiger partial charge on any atom is -0.455 e. The van der Waals surface area contributed by atoms with Crippen molar-refractivity contribution in [1.29, 1.82) is 0 Å². The summed E-state index contributed by atoms with van der Waals surface area (Å²) in [6.07, 6.45) is 0. The number of aromatic nitrogens is 3. The van der Waals surface area contributed by atoms with Crippen LogP contribution in [0.25, 0.3) is 61.0 Å². The first-order valence-corrected chi connectivity index (χ1v) is 16.2. The summed E-state index contributed by atoms with van der Waals surface area (Å²) in [4.78, 5) is 10.2. The minimum absolute atomic E-state index is 0.859.